The summed E-state index contributed by atoms with van der Waals surface area (Å²) in [6.45, 7) is 7.65. The highest BCUT2D eigenvalue weighted by Crippen LogP contribution is 2.29. The Bertz CT molecular complexity index is 367. The monoisotopic (exact) mass is 270 g/mol. The molecule has 2 unspecified atom stereocenters. The molecule has 17 heavy (non-hydrogen) atoms. The first-order chi connectivity index (χ1) is 8.06. The third kappa shape index (κ3) is 3.30. The van der Waals surface area contributed by atoms with Crippen LogP contribution in [0, 0.1) is 0 Å². The first-order valence-electron chi connectivity index (χ1n) is 5.97. The zero-order valence-electron chi connectivity index (χ0n) is 10.3. The van der Waals surface area contributed by atoms with Crippen LogP contribution in [-0.2, 0) is 6.54 Å². The molecule has 4 heteroatoms. The number of nitrogens with zero attached hydrogens (tertiary/aromatic N) is 1. The van der Waals surface area contributed by atoms with Gasteiger partial charge in [-0.1, -0.05) is 31.5 Å². The zero-order chi connectivity index (χ0) is 12.4. The van der Waals surface area contributed by atoms with E-state index in [4.69, 9.17) is 17.3 Å². The number of halogens is 1. The second kappa shape index (κ2) is 5.51. The highest BCUT2D eigenvalue weighted by Gasteiger charge is 2.23. The zero-order valence-corrected chi connectivity index (χ0v) is 11.9. The molecule has 1 fully saturated rings. The minimum absolute atomic E-state index is 0.683. The topological polar surface area (TPSA) is 29.3 Å². The molecule has 1 saturated heterocycles. The van der Waals surface area contributed by atoms with Gasteiger partial charge >= 0.3 is 0 Å². The molecule has 1 aliphatic rings. The predicted molar refractivity (Wildman–Crippen MR) is 77.7 cm³/mol. The maximum atomic E-state index is 6.21. The van der Waals surface area contributed by atoms with Crippen LogP contribution in [-0.4, -0.2) is 28.5 Å². The normalized spacial score (nSPS) is 26.1. The van der Waals surface area contributed by atoms with E-state index in [0.717, 1.165) is 35.9 Å². The summed E-state index contributed by atoms with van der Waals surface area (Å²) in [7, 11) is 0. The second-order valence-corrected chi connectivity index (χ2v) is 7.05. The third-order valence-corrected chi connectivity index (χ3v) is 4.61. The van der Waals surface area contributed by atoms with Crippen LogP contribution < -0.4 is 5.73 Å². The lowest BCUT2D eigenvalue weighted by atomic mass is 10.1. The van der Waals surface area contributed by atoms with E-state index in [1.807, 2.05) is 18.2 Å². The summed E-state index contributed by atoms with van der Waals surface area (Å²) in [6.07, 6.45) is 0. The van der Waals surface area contributed by atoms with Gasteiger partial charge in [-0.2, -0.15) is 11.8 Å². The van der Waals surface area contributed by atoms with Gasteiger partial charge in [0.05, 0.1) is 0 Å². The predicted octanol–water partition coefficient (Wildman–Crippen LogP) is 3.25. The highest BCUT2D eigenvalue weighted by atomic mass is 35.5. The number of nitrogen functional groups attached to an aromatic ring is 1. The van der Waals surface area contributed by atoms with Gasteiger partial charge in [0.2, 0.25) is 0 Å². The quantitative estimate of drug-likeness (QED) is 0.837. The van der Waals surface area contributed by atoms with Crippen molar-refractivity contribution in [3.63, 3.8) is 0 Å². The van der Waals surface area contributed by atoms with Crippen molar-refractivity contribution in [1.29, 1.82) is 0 Å². The first-order valence-corrected chi connectivity index (χ1v) is 7.29. The number of anilines is 1. The lowest BCUT2D eigenvalue weighted by molar-refractivity contribution is 0.263. The van der Waals surface area contributed by atoms with Crippen molar-refractivity contribution in [2.24, 2.45) is 0 Å². The fourth-order valence-corrected chi connectivity index (χ4v) is 4.01. The lowest BCUT2D eigenvalue weighted by Gasteiger charge is -2.34. The molecule has 1 aliphatic heterocycles. The summed E-state index contributed by atoms with van der Waals surface area (Å²) >= 11 is 8.27. The highest BCUT2D eigenvalue weighted by molar-refractivity contribution is 8.00. The number of thioether (sulfide) groups is 1. The Kier molecular flexibility index (Phi) is 4.23. The minimum atomic E-state index is 0.683. The smallest absolute Gasteiger partial charge is 0.0471 e. The first kappa shape index (κ1) is 13.1. The van der Waals surface area contributed by atoms with E-state index in [0.29, 0.717) is 10.5 Å². The van der Waals surface area contributed by atoms with E-state index in [1.165, 1.54) is 0 Å². The molecule has 2 N–H and O–H groups in total. The average molecular weight is 271 g/mol. The molecule has 94 valence electrons. The van der Waals surface area contributed by atoms with E-state index in [2.05, 4.69) is 30.5 Å². The lowest BCUT2D eigenvalue weighted by Crippen LogP contribution is -2.39. The van der Waals surface area contributed by atoms with Gasteiger partial charge in [0, 0.05) is 46.4 Å². The standard InChI is InChI=1S/C13H19ClN2S/c1-9-6-16(7-10(2)17-9)8-11-12(14)4-3-5-13(11)15/h3-5,9-10H,6-8,15H2,1-2H3. The number of nitrogens with two attached hydrogens (primary N) is 1. The van der Waals surface area contributed by atoms with Crippen LogP contribution in [0.1, 0.15) is 19.4 Å². The molecule has 1 aromatic rings. The molecule has 1 aromatic carbocycles. The number of hydrogen-bond donors (Lipinski definition) is 1. The molecule has 0 aromatic heterocycles. The molecule has 0 radical (unpaired) electrons. The Labute approximate surface area is 113 Å². The molecule has 0 aliphatic carbocycles. The van der Waals surface area contributed by atoms with Crippen LogP contribution in [0.25, 0.3) is 0 Å². The van der Waals surface area contributed by atoms with Crippen molar-refractivity contribution in [3.05, 3.63) is 28.8 Å². The summed E-state index contributed by atoms with van der Waals surface area (Å²) in [6, 6.07) is 5.74. The molecule has 0 saturated carbocycles. The number of rotatable bonds is 2. The number of hydrogen-bond acceptors (Lipinski definition) is 3. The molecule has 1 heterocycles. The van der Waals surface area contributed by atoms with Gasteiger partial charge in [0.1, 0.15) is 0 Å². The van der Waals surface area contributed by atoms with Gasteiger partial charge in [0.15, 0.2) is 0 Å². The average Bonchev–Trinajstić information content (AvgIpc) is 2.22. The molecule has 0 amide bonds. The van der Waals surface area contributed by atoms with Gasteiger partial charge in [-0.3, -0.25) is 4.90 Å². The fourth-order valence-electron chi connectivity index (χ4n) is 2.38. The van der Waals surface area contributed by atoms with E-state index in [-0.39, 0.29) is 0 Å². The van der Waals surface area contributed by atoms with E-state index >= 15 is 0 Å². The molecular formula is C13H19ClN2S. The van der Waals surface area contributed by atoms with Gasteiger partial charge < -0.3 is 5.73 Å². The summed E-state index contributed by atoms with van der Waals surface area (Å²) in [5, 5.41) is 2.15. The van der Waals surface area contributed by atoms with Crippen LogP contribution in [0.15, 0.2) is 18.2 Å². The second-order valence-electron chi connectivity index (χ2n) is 4.76. The molecule has 2 rings (SSSR count). The van der Waals surface area contributed by atoms with Crippen molar-refractivity contribution >= 4 is 29.1 Å². The Morgan fingerprint density at radius 3 is 2.59 bits per heavy atom. The summed E-state index contributed by atoms with van der Waals surface area (Å²) in [5.41, 5.74) is 7.86. The molecule has 2 atom stereocenters. The van der Waals surface area contributed by atoms with Gasteiger partial charge in [-0.05, 0) is 12.1 Å². The molecular weight excluding hydrogens is 252 g/mol. The summed E-state index contributed by atoms with van der Waals surface area (Å²) in [4.78, 5) is 2.45. The Hall–Kier alpha value is -0.380. The van der Waals surface area contributed by atoms with Crippen LogP contribution in [0.5, 0.6) is 0 Å². The van der Waals surface area contributed by atoms with Crippen molar-refractivity contribution < 1.29 is 0 Å². The van der Waals surface area contributed by atoms with Crippen molar-refractivity contribution in [3.8, 4) is 0 Å². The Balaban J connectivity index is 2.10. The van der Waals surface area contributed by atoms with Crippen molar-refractivity contribution in [2.45, 2.75) is 30.9 Å². The van der Waals surface area contributed by atoms with Crippen LogP contribution in [0.2, 0.25) is 5.02 Å². The van der Waals surface area contributed by atoms with Gasteiger partial charge in [-0.15, -0.1) is 0 Å². The Morgan fingerprint density at radius 2 is 2.00 bits per heavy atom. The van der Waals surface area contributed by atoms with Gasteiger partial charge in [-0.25, -0.2) is 0 Å². The maximum absolute atomic E-state index is 6.21. The maximum Gasteiger partial charge on any atom is 0.0471 e. The number of benzene rings is 1. The summed E-state index contributed by atoms with van der Waals surface area (Å²) in [5.74, 6) is 0. The fraction of sp³-hybridized carbons (Fsp3) is 0.538. The van der Waals surface area contributed by atoms with Crippen molar-refractivity contribution in [1.82, 2.24) is 4.90 Å². The van der Waals surface area contributed by atoms with Crippen LogP contribution >= 0.6 is 23.4 Å². The molecule has 2 nitrogen and oxygen atoms in total. The van der Waals surface area contributed by atoms with E-state index in [9.17, 15) is 0 Å². The van der Waals surface area contributed by atoms with Crippen LogP contribution in [0.4, 0.5) is 5.69 Å². The largest absolute Gasteiger partial charge is 0.398 e. The molecule has 0 bridgehead atoms. The van der Waals surface area contributed by atoms with E-state index < -0.39 is 0 Å². The SMILES string of the molecule is CC1CN(Cc2c(N)cccc2Cl)CC(C)S1. The third-order valence-electron chi connectivity index (χ3n) is 3.03. The van der Waals surface area contributed by atoms with Crippen molar-refractivity contribution in [2.75, 3.05) is 18.8 Å². The van der Waals surface area contributed by atoms with Gasteiger partial charge in [0.25, 0.3) is 0 Å². The van der Waals surface area contributed by atoms with E-state index in [1.54, 1.807) is 0 Å². The minimum Gasteiger partial charge on any atom is -0.398 e. The van der Waals surface area contributed by atoms with Crippen LogP contribution in [0.3, 0.4) is 0 Å². The summed E-state index contributed by atoms with van der Waals surface area (Å²) < 4.78 is 0. The molecule has 0 spiro atoms. The Morgan fingerprint density at radius 1 is 1.35 bits per heavy atom.